The van der Waals surface area contributed by atoms with Crippen molar-refractivity contribution in [3.63, 3.8) is 0 Å². The van der Waals surface area contributed by atoms with Crippen LogP contribution < -0.4 is 5.32 Å². The Morgan fingerprint density at radius 2 is 2.32 bits per heavy atom. The summed E-state index contributed by atoms with van der Waals surface area (Å²) in [6.07, 6.45) is 2.34. The lowest BCUT2D eigenvalue weighted by Crippen LogP contribution is -2.41. The number of rotatable bonds is 6. The van der Waals surface area contributed by atoms with Crippen LogP contribution >= 0.6 is 23.1 Å². The summed E-state index contributed by atoms with van der Waals surface area (Å²) in [5.41, 5.74) is -0.231. The van der Waals surface area contributed by atoms with E-state index >= 15 is 0 Å². The van der Waals surface area contributed by atoms with E-state index < -0.39 is 0 Å². The standard InChI is InChI=1S/C17H24N4O2S2/c1-17(2,3)18-14(22)11-25-16-20-19-15(13-7-5-9-24-13)21(16)10-12-6-4-8-23-12/h5,7,9,12H,4,6,8,10-11H2,1-3H3,(H,18,22)/t12-/m1/s1. The summed E-state index contributed by atoms with van der Waals surface area (Å²) in [6.45, 7) is 7.47. The number of carbonyl (C=O) groups excluding carboxylic acids is 1. The molecular weight excluding hydrogens is 356 g/mol. The van der Waals surface area contributed by atoms with Gasteiger partial charge in [-0.05, 0) is 45.1 Å². The zero-order valence-corrected chi connectivity index (χ0v) is 16.5. The molecule has 1 saturated heterocycles. The van der Waals surface area contributed by atoms with Crippen molar-refractivity contribution in [1.29, 1.82) is 0 Å². The lowest BCUT2D eigenvalue weighted by atomic mass is 10.1. The quantitative estimate of drug-likeness (QED) is 0.780. The smallest absolute Gasteiger partial charge is 0.230 e. The molecule has 0 spiro atoms. The highest BCUT2D eigenvalue weighted by molar-refractivity contribution is 7.99. The van der Waals surface area contributed by atoms with Crippen molar-refractivity contribution < 1.29 is 9.53 Å². The third-order valence-corrected chi connectivity index (χ3v) is 5.55. The number of thioether (sulfide) groups is 1. The maximum atomic E-state index is 12.1. The van der Waals surface area contributed by atoms with Crippen LogP contribution in [0.3, 0.4) is 0 Å². The molecule has 3 heterocycles. The summed E-state index contributed by atoms with van der Waals surface area (Å²) in [5, 5.41) is 14.5. The van der Waals surface area contributed by atoms with Crippen molar-refractivity contribution in [3.8, 4) is 10.7 Å². The van der Waals surface area contributed by atoms with Gasteiger partial charge in [-0.15, -0.1) is 21.5 Å². The Morgan fingerprint density at radius 1 is 1.48 bits per heavy atom. The van der Waals surface area contributed by atoms with E-state index in [2.05, 4.69) is 20.1 Å². The second-order valence-corrected chi connectivity index (χ2v) is 9.01. The lowest BCUT2D eigenvalue weighted by Gasteiger charge is -2.20. The van der Waals surface area contributed by atoms with Crippen molar-refractivity contribution in [1.82, 2.24) is 20.1 Å². The summed E-state index contributed by atoms with van der Waals surface area (Å²) >= 11 is 3.06. The fraction of sp³-hybridized carbons (Fsp3) is 0.588. The van der Waals surface area contributed by atoms with E-state index in [9.17, 15) is 4.79 Å². The summed E-state index contributed by atoms with van der Waals surface area (Å²) in [5.74, 6) is 1.18. The van der Waals surface area contributed by atoms with Gasteiger partial charge in [-0.25, -0.2) is 0 Å². The first-order chi connectivity index (χ1) is 11.9. The number of ether oxygens (including phenoxy) is 1. The zero-order valence-electron chi connectivity index (χ0n) is 14.8. The predicted octanol–water partition coefficient (Wildman–Crippen LogP) is 3.19. The van der Waals surface area contributed by atoms with Gasteiger partial charge in [-0.1, -0.05) is 17.8 Å². The predicted molar refractivity (Wildman–Crippen MR) is 101 cm³/mol. The molecule has 6 nitrogen and oxygen atoms in total. The molecule has 1 aliphatic heterocycles. The Balaban J connectivity index is 1.75. The number of nitrogens with zero attached hydrogens (tertiary/aromatic N) is 3. The van der Waals surface area contributed by atoms with E-state index in [-0.39, 0.29) is 17.6 Å². The van der Waals surface area contributed by atoms with Crippen molar-refractivity contribution in [2.24, 2.45) is 0 Å². The van der Waals surface area contributed by atoms with Crippen molar-refractivity contribution in [3.05, 3.63) is 17.5 Å². The van der Waals surface area contributed by atoms with E-state index in [1.165, 1.54) is 11.8 Å². The first kappa shape index (κ1) is 18.4. The Kier molecular flexibility index (Phi) is 5.81. The van der Waals surface area contributed by atoms with Gasteiger partial charge in [0.25, 0.3) is 0 Å². The molecule has 25 heavy (non-hydrogen) atoms. The highest BCUT2D eigenvalue weighted by Gasteiger charge is 2.23. The molecule has 1 amide bonds. The van der Waals surface area contributed by atoms with Crippen LogP contribution in [-0.4, -0.2) is 44.7 Å². The van der Waals surface area contributed by atoms with Crippen LogP contribution in [0.1, 0.15) is 33.6 Å². The normalized spacial score (nSPS) is 17.8. The third-order valence-electron chi connectivity index (χ3n) is 3.72. The molecule has 1 fully saturated rings. The number of amides is 1. The van der Waals surface area contributed by atoms with Crippen molar-refractivity contribution in [2.75, 3.05) is 12.4 Å². The largest absolute Gasteiger partial charge is 0.376 e. The maximum Gasteiger partial charge on any atom is 0.230 e. The topological polar surface area (TPSA) is 69.0 Å². The number of carbonyl (C=O) groups is 1. The molecule has 0 aliphatic carbocycles. The van der Waals surface area contributed by atoms with Gasteiger partial charge in [-0.2, -0.15) is 0 Å². The fourth-order valence-electron chi connectivity index (χ4n) is 2.72. The molecule has 1 aliphatic rings. The average Bonchev–Trinajstić information content (AvgIpc) is 3.26. The lowest BCUT2D eigenvalue weighted by molar-refractivity contribution is -0.119. The molecule has 1 atom stereocenters. The fourth-order valence-corrected chi connectivity index (χ4v) is 4.19. The van der Waals surface area contributed by atoms with Gasteiger partial charge in [0.15, 0.2) is 11.0 Å². The van der Waals surface area contributed by atoms with E-state index in [0.29, 0.717) is 5.75 Å². The summed E-state index contributed by atoms with van der Waals surface area (Å²) in [7, 11) is 0. The summed E-state index contributed by atoms with van der Waals surface area (Å²) in [4.78, 5) is 13.2. The van der Waals surface area contributed by atoms with E-state index in [1.807, 2.05) is 38.3 Å². The van der Waals surface area contributed by atoms with Crippen LogP contribution in [0.15, 0.2) is 22.7 Å². The van der Waals surface area contributed by atoms with Gasteiger partial charge < -0.3 is 10.1 Å². The Morgan fingerprint density at radius 3 is 2.96 bits per heavy atom. The van der Waals surface area contributed by atoms with Gasteiger partial charge in [0.2, 0.25) is 5.91 Å². The van der Waals surface area contributed by atoms with Crippen molar-refractivity contribution >= 4 is 29.0 Å². The molecule has 0 bridgehead atoms. The minimum absolute atomic E-state index is 0.00170. The molecule has 3 rings (SSSR count). The Bertz CT molecular complexity index is 701. The second-order valence-electron chi connectivity index (χ2n) is 7.12. The Labute approximate surface area is 156 Å². The molecule has 2 aromatic rings. The number of hydrogen-bond acceptors (Lipinski definition) is 6. The van der Waals surface area contributed by atoms with Gasteiger partial charge in [0, 0.05) is 12.1 Å². The second kappa shape index (κ2) is 7.88. The van der Waals surface area contributed by atoms with E-state index in [1.54, 1.807) is 11.3 Å². The monoisotopic (exact) mass is 380 g/mol. The highest BCUT2D eigenvalue weighted by Crippen LogP contribution is 2.29. The number of nitrogens with one attached hydrogen (secondary N) is 1. The van der Waals surface area contributed by atoms with E-state index in [4.69, 9.17) is 4.74 Å². The minimum atomic E-state index is -0.231. The van der Waals surface area contributed by atoms with Crippen LogP contribution in [0.5, 0.6) is 0 Å². The maximum absolute atomic E-state index is 12.1. The van der Waals surface area contributed by atoms with Gasteiger partial charge >= 0.3 is 0 Å². The van der Waals surface area contributed by atoms with E-state index in [0.717, 1.165) is 41.9 Å². The molecule has 8 heteroatoms. The van der Waals surface area contributed by atoms with Gasteiger partial charge in [-0.3, -0.25) is 9.36 Å². The van der Waals surface area contributed by atoms with Crippen molar-refractivity contribution in [2.45, 2.75) is 57.0 Å². The molecular formula is C17H24N4O2S2. The number of aromatic nitrogens is 3. The molecule has 0 saturated carbocycles. The van der Waals surface area contributed by atoms with Crippen LogP contribution in [0.2, 0.25) is 0 Å². The Hall–Kier alpha value is -1.38. The van der Waals surface area contributed by atoms with Crippen LogP contribution in [-0.2, 0) is 16.1 Å². The molecule has 2 aromatic heterocycles. The average molecular weight is 381 g/mol. The molecule has 0 radical (unpaired) electrons. The molecule has 0 unspecified atom stereocenters. The zero-order chi connectivity index (χ0) is 17.9. The first-order valence-electron chi connectivity index (χ1n) is 8.45. The summed E-state index contributed by atoms with van der Waals surface area (Å²) in [6, 6.07) is 4.05. The number of hydrogen-bond donors (Lipinski definition) is 1. The van der Waals surface area contributed by atoms with Gasteiger partial charge in [0.05, 0.1) is 23.3 Å². The SMILES string of the molecule is CC(C)(C)NC(=O)CSc1nnc(-c2cccs2)n1C[C@H]1CCCO1. The highest BCUT2D eigenvalue weighted by atomic mass is 32.2. The van der Waals surface area contributed by atoms with Crippen LogP contribution in [0.25, 0.3) is 10.7 Å². The van der Waals surface area contributed by atoms with Crippen LogP contribution in [0, 0.1) is 0 Å². The van der Waals surface area contributed by atoms with Crippen LogP contribution in [0.4, 0.5) is 0 Å². The first-order valence-corrected chi connectivity index (χ1v) is 10.3. The molecule has 1 N–H and O–H groups in total. The number of thiophene rings is 1. The third kappa shape index (κ3) is 5.05. The molecule has 136 valence electrons. The minimum Gasteiger partial charge on any atom is -0.376 e. The summed E-state index contributed by atoms with van der Waals surface area (Å²) < 4.78 is 7.88. The molecule has 0 aromatic carbocycles. The van der Waals surface area contributed by atoms with Gasteiger partial charge in [0.1, 0.15) is 0 Å².